The summed E-state index contributed by atoms with van der Waals surface area (Å²) in [6.07, 6.45) is 3.68. The van der Waals surface area contributed by atoms with Crippen LogP contribution in [0.5, 0.6) is 0 Å². The molecule has 0 fully saturated rings. The summed E-state index contributed by atoms with van der Waals surface area (Å²) in [5.41, 5.74) is 12.3. The monoisotopic (exact) mass is 261 g/mol. The third-order valence-electron chi connectivity index (χ3n) is 2.95. The van der Waals surface area contributed by atoms with Gasteiger partial charge in [0.15, 0.2) is 5.82 Å². The van der Waals surface area contributed by atoms with Gasteiger partial charge < -0.3 is 16.0 Å². The van der Waals surface area contributed by atoms with Crippen molar-refractivity contribution in [3.05, 3.63) is 23.5 Å². The second kappa shape index (κ2) is 5.21. The highest BCUT2D eigenvalue weighted by Gasteiger charge is 2.19. The topological polar surface area (TPSA) is 109 Å². The predicted octanol–water partition coefficient (Wildman–Crippen LogP) is 1.10. The second-order valence-corrected chi connectivity index (χ2v) is 4.39. The summed E-state index contributed by atoms with van der Waals surface area (Å²) in [7, 11) is 0. The van der Waals surface area contributed by atoms with Crippen molar-refractivity contribution in [3.63, 3.8) is 0 Å². The minimum Gasteiger partial charge on any atom is -0.368 e. The van der Waals surface area contributed by atoms with E-state index in [1.165, 1.54) is 0 Å². The Hall–Kier alpha value is -2.18. The van der Waals surface area contributed by atoms with E-state index in [2.05, 4.69) is 38.4 Å². The van der Waals surface area contributed by atoms with Gasteiger partial charge in [-0.2, -0.15) is 15.0 Å². The molecule has 2 aromatic rings. The molecule has 7 heteroatoms. The van der Waals surface area contributed by atoms with Crippen molar-refractivity contribution >= 4 is 11.9 Å². The minimum absolute atomic E-state index is 0.0243. The number of hydrogen-bond acceptors (Lipinski definition) is 6. The van der Waals surface area contributed by atoms with Gasteiger partial charge in [-0.1, -0.05) is 13.8 Å². The first-order valence-corrected chi connectivity index (χ1v) is 6.36. The number of nitrogens with two attached hydrogens (primary N) is 2. The Labute approximate surface area is 112 Å². The van der Waals surface area contributed by atoms with Gasteiger partial charge in [-0.3, -0.25) is 0 Å². The van der Waals surface area contributed by atoms with Gasteiger partial charge in [0.2, 0.25) is 11.9 Å². The quantitative estimate of drug-likeness (QED) is 0.853. The van der Waals surface area contributed by atoms with Gasteiger partial charge in [-0.15, -0.1) is 0 Å². The third-order valence-corrected chi connectivity index (χ3v) is 2.95. The minimum atomic E-state index is -0.0243. The molecule has 102 valence electrons. The fourth-order valence-corrected chi connectivity index (χ4v) is 2.18. The third kappa shape index (κ3) is 2.64. The number of hydrogen-bond donors (Lipinski definition) is 2. The zero-order valence-corrected chi connectivity index (χ0v) is 11.5. The highest BCUT2D eigenvalue weighted by Crippen LogP contribution is 2.22. The summed E-state index contributed by atoms with van der Waals surface area (Å²) in [5, 5.41) is 0. The smallest absolute Gasteiger partial charge is 0.225 e. The van der Waals surface area contributed by atoms with E-state index in [4.69, 9.17) is 11.5 Å². The molecule has 0 saturated heterocycles. The molecule has 4 N–H and O–H groups in total. The molecule has 0 bridgehead atoms. The summed E-state index contributed by atoms with van der Waals surface area (Å²) in [5.74, 6) is 1.88. The fourth-order valence-electron chi connectivity index (χ4n) is 2.18. The molecule has 1 unspecified atom stereocenters. The van der Waals surface area contributed by atoms with E-state index in [0.29, 0.717) is 5.82 Å². The van der Waals surface area contributed by atoms with Crippen molar-refractivity contribution in [1.29, 1.82) is 0 Å². The SMILES string of the molecule is CCc1nc(C)cn1C(CC)c1nc(N)nc(N)n1. The van der Waals surface area contributed by atoms with Gasteiger partial charge in [0.05, 0.1) is 11.7 Å². The Kier molecular flexibility index (Phi) is 3.64. The van der Waals surface area contributed by atoms with E-state index in [1.54, 1.807) is 0 Å². The van der Waals surface area contributed by atoms with E-state index in [9.17, 15) is 0 Å². The normalized spacial score (nSPS) is 12.6. The van der Waals surface area contributed by atoms with Crippen molar-refractivity contribution in [2.45, 2.75) is 39.7 Å². The van der Waals surface area contributed by atoms with Crippen LogP contribution in [-0.2, 0) is 6.42 Å². The highest BCUT2D eigenvalue weighted by atomic mass is 15.2. The summed E-state index contributed by atoms with van der Waals surface area (Å²) in [6.45, 7) is 6.11. The van der Waals surface area contributed by atoms with Gasteiger partial charge in [0, 0.05) is 12.6 Å². The fraction of sp³-hybridized carbons (Fsp3) is 0.500. The van der Waals surface area contributed by atoms with Crippen LogP contribution in [0.2, 0.25) is 0 Å². The molecule has 0 spiro atoms. The maximum absolute atomic E-state index is 5.64. The predicted molar refractivity (Wildman–Crippen MR) is 73.4 cm³/mol. The standard InChI is InChI=1S/C12H19N7/c1-4-8(10-16-11(13)18-12(14)17-10)19-6-7(3)15-9(19)5-2/h6,8H,4-5H2,1-3H3,(H4,13,14,16,17,18). The number of anilines is 2. The van der Waals surface area contributed by atoms with Gasteiger partial charge in [-0.05, 0) is 13.3 Å². The van der Waals surface area contributed by atoms with Crippen LogP contribution in [0.1, 0.15) is 43.7 Å². The molecule has 2 aromatic heterocycles. The lowest BCUT2D eigenvalue weighted by molar-refractivity contribution is 0.515. The van der Waals surface area contributed by atoms with Crippen LogP contribution in [-0.4, -0.2) is 24.5 Å². The van der Waals surface area contributed by atoms with Crippen molar-refractivity contribution < 1.29 is 0 Å². The largest absolute Gasteiger partial charge is 0.368 e. The number of aryl methyl sites for hydroxylation is 2. The Balaban J connectivity index is 2.49. The number of nitrogens with zero attached hydrogens (tertiary/aromatic N) is 5. The summed E-state index contributed by atoms with van der Waals surface area (Å²) < 4.78 is 2.09. The first-order valence-electron chi connectivity index (χ1n) is 6.36. The lowest BCUT2D eigenvalue weighted by atomic mass is 10.2. The number of aromatic nitrogens is 5. The van der Waals surface area contributed by atoms with E-state index in [1.807, 2.05) is 13.1 Å². The lowest BCUT2D eigenvalue weighted by Gasteiger charge is -2.17. The molecule has 2 rings (SSSR count). The molecule has 2 heterocycles. The van der Waals surface area contributed by atoms with Crippen LogP contribution >= 0.6 is 0 Å². The summed E-state index contributed by atoms with van der Waals surface area (Å²) >= 11 is 0. The molecule has 0 aliphatic rings. The second-order valence-electron chi connectivity index (χ2n) is 4.39. The van der Waals surface area contributed by atoms with Crippen LogP contribution < -0.4 is 11.5 Å². The van der Waals surface area contributed by atoms with Crippen LogP contribution in [0.15, 0.2) is 6.20 Å². The molecule has 0 aliphatic carbocycles. The maximum Gasteiger partial charge on any atom is 0.225 e. The molecular formula is C12H19N7. The zero-order chi connectivity index (χ0) is 14.0. The van der Waals surface area contributed by atoms with Crippen LogP contribution in [0.4, 0.5) is 11.9 Å². The van der Waals surface area contributed by atoms with Crippen molar-refractivity contribution in [1.82, 2.24) is 24.5 Å². The molecule has 19 heavy (non-hydrogen) atoms. The van der Waals surface area contributed by atoms with E-state index >= 15 is 0 Å². The lowest BCUT2D eigenvalue weighted by Crippen LogP contribution is -2.17. The molecular weight excluding hydrogens is 242 g/mol. The van der Waals surface area contributed by atoms with Gasteiger partial charge in [0.1, 0.15) is 5.82 Å². The molecule has 0 aromatic carbocycles. The van der Waals surface area contributed by atoms with Crippen LogP contribution in [0.3, 0.4) is 0 Å². The van der Waals surface area contributed by atoms with E-state index < -0.39 is 0 Å². The molecule has 0 amide bonds. The van der Waals surface area contributed by atoms with E-state index in [0.717, 1.165) is 24.4 Å². The van der Waals surface area contributed by atoms with Crippen LogP contribution in [0, 0.1) is 6.92 Å². The average Bonchev–Trinajstić information content (AvgIpc) is 2.70. The van der Waals surface area contributed by atoms with Gasteiger partial charge in [0.25, 0.3) is 0 Å². The Morgan fingerprint density at radius 1 is 1.11 bits per heavy atom. The number of nitrogen functional groups attached to an aromatic ring is 2. The van der Waals surface area contributed by atoms with E-state index in [-0.39, 0.29) is 17.9 Å². The van der Waals surface area contributed by atoms with Gasteiger partial charge in [-0.25, -0.2) is 4.98 Å². The number of rotatable bonds is 4. The Morgan fingerprint density at radius 3 is 2.26 bits per heavy atom. The average molecular weight is 261 g/mol. The summed E-state index contributed by atoms with van der Waals surface area (Å²) in [6, 6.07) is -0.0243. The molecule has 0 aliphatic heterocycles. The van der Waals surface area contributed by atoms with Crippen molar-refractivity contribution in [3.8, 4) is 0 Å². The first kappa shape index (κ1) is 13.3. The summed E-state index contributed by atoms with van der Waals surface area (Å²) in [4.78, 5) is 16.7. The Morgan fingerprint density at radius 2 is 1.74 bits per heavy atom. The van der Waals surface area contributed by atoms with Crippen molar-refractivity contribution in [2.75, 3.05) is 11.5 Å². The first-order chi connectivity index (χ1) is 9.05. The van der Waals surface area contributed by atoms with Crippen LogP contribution in [0.25, 0.3) is 0 Å². The molecule has 0 saturated carbocycles. The molecule has 7 nitrogen and oxygen atoms in total. The zero-order valence-electron chi connectivity index (χ0n) is 11.5. The maximum atomic E-state index is 5.64. The van der Waals surface area contributed by atoms with Crippen molar-refractivity contribution in [2.24, 2.45) is 0 Å². The Bertz CT molecular complexity index is 555. The molecule has 0 radical (unpaired) electrons. The number of imidazole rings is 1. The van der Waals surface area contributed by atoms with Gasteiger partial charge >= 0.3 is 0 Å². The highest BCUT2D eigenvalue weighted by molar-refractivity contribution is 5.27. The molecule has 1 atom stereocenters.